The lowest BCUT2D eigenvalue weighted by molar-refractivity contribution is -0.137. The van der Waals surface area contributed by atoms with Crippen LogP contribution in [0, 0.1) is 0 Å². The molecule has 0 N–H and O–H groups in total. The van der Waals surface area contributed by atoms with E-state index < -0.39 is 17.9 Å². The van der Waals surface area contributed by atoms with Gasteiger partial charge in [-0.05, 0) is 71.8 Å². The van der Waals surface area contributed by atoms with Gasteiger partial charge in [0.25, 0.3) is 0 Å². The number of esters is 3. The Hall–Kier alpha value is -5.17. The van der Waals surface area contributed by atoms with Crippen LogP contribution in [0.1, 0.15) is 27.1 Å². The van der Waals surface area contributed by atoms with Crippen LogP contribution in [-0.4, -0.2) is 31.1 Å². The monoisotopic (exact) mass is 522 g/mol. The number of carbonyl (C=O) groups excluding carboxylic acids is 3. The maximum atomic E-state index is 12.5. The van der Waals surface area contributed by atoms with Gasteiger partial charge in [0.05, 0.1) is 24.3 Å². The fourth-order valence-electron chi connectivity index (χ4n) is 3.50. The Bertz CT molecular complexity index is 1410. The van der Waals surface area contributed by atoms with Crippen molar-refractivity contribution in [2.75, 3.05) is 13.2 Å². The predicted molar refractivity (Wildman–Crippen MR) is 146 cm³/mol. The minimum Gasteiger partial charge on any atom is -0.493 e. The van der Waals surface area contributed by atoms with Gasteiger partial charge in [-0.15, -0.1) is 0 Å². The lowest BCUT2D eigenvalue weighted by Gasteiger charge is -2.09. The van der Waals surface area contributed by atoms with Gasteiger partial charge < -0.3 is 18.9 Å². The lowest BCUT2D eigenvalue weighted by Crippen LogP contribution is -2.10. The summed E-state index contributed by atoms with van der Waals surface area (Å²) in [7, 11) is 0. The van der Waals surface area contributed by atoms with Crippen LogP contribution in [0.15, 0.2) is 116 Å². The van der Waals surface area contributed by atoms with Crippen LogP contribution in [0.3, 0.4) is 0 Å². The van der Waals surface area contributed by atoms with E-state index in [1.54, 1.807) is 60.7 Å². The van der Waals surface area contributed by atoms with E-state index in [2.05, 4.69) is 6.58 Å². The molecular formula is C32H26O7. The first-order chi connectivity index (χ1) is 19.0. The number of ether oxygens (including phenoxy) is 4. The average Bonchev–Trinajstić information content (AvgIpc) is 2.98. The smallest absolute Gasteiger partial charge is 0.343 e. The van der Waals surface area contributed by atoms with Gasteiger partial charge in [0.15, 0.2) is 0 Å². The Balaban J connectivity index is 1.24. The Morgan fingerprint density at radius 3 is 1.62 bits per heavy atom. The van der Waals surface area contributed by atoms with E-state index in [9.17, 15) is 14.4 Å². The van der Waals surface area contributed by atoms with Gasteiger partial charge in [-0.3, -0.25) is 0 Å². The fourth-order valence-corrected chi connectivity index (χ4v) is 3.50. The SMILES string of the molecule is C=CC(=O)OCCCOc1ccc(C(=O)Oc2ccc(OC(=O)c3ccc(-c4ccccc4)cc3)cc2)cc1. The Morgan fingerprint density at radius 1 is 0.590 bits per heavy atom. The largest absolute Gasteiger partial charge is 0.493 e. The van der Waals surface area contributed by atoms with E-state index in [1.807, 2.05) is 42.5 Å². The first-order valence-electron chi connectivity index (χ1n) is 12.2. The molecule has 4 rings (SSSR count). The molecule has 4 aromatic rings. The fraction of sp³-hybridized carbons (Fsp3) is 0.0938. The topological polar surface area (TPSA) is 88.1 Å². The van der Waals surface area contributed by atoms with E-state index in [1.165, 1.54) is 0 Å². The third kappa shape index (κ3) is 7.90. The molecule has 0 fully saturated rings. The number of carbonyl (C=O) groups is 3. The Labute approximate surface area is 226 Å². The molecule has 0 heterocycles. The van der Waals surface area contributed by atoms with E-state index in [4.69, 9.17) is 18.9 Å². The van der Waals surface area contributed by atoms with E-state index >= 15 is 0 Å². The highest BCUT2D eigenvalue weighted by atomic mass is 16.5. The zero-order valence-corrected chi connectivity index (χ0v) is 21.1. The number of benzene rings is 4. The van der Waals surface area contributed by atoms with Crippen LogP contribution in [-0.2, 0) is 9.53 Å². The van der Waals surface area contributed by atoms with E-state index in [-0.39, 0.29) is 6.61 Å². The molecular weight excluding hydrogens is 496 g/mol. The first kappa shape index (κ1) is 26.9. The molecule has 0 amide bonds. The highest BCUT2D eigenvalue weighted by Gasteiger charge is 2.12. The maximum Gasteiger partial charge on any atom is 0.343 e. The molecule has 0 unspecified atom stereocenters. The third-order valence-electron chi connectivity index (χ3n) is 5.53. The van der Waals surface area contributed by atoms with Crippen molar-refractivity contribution in [1.29, 1.82) is 0 Å². The second-order valence-corrected chi connectivity index (χ2v) is 8.29. The van der Waals surface area contributed by atoms with Crippen molar-refractivity contribution in [2.45, 2.75) is 6.42 Å². The van der Waals surface area contributed by atoms with Crippen LogP contribution >= 0.6 is 0 Å². The van der Waals surface area contributed by atoms with Crippen molar-refractivity contribution in [3.05, 3.63) is 127 Å². The third-order valence-corrected chi connectivity index (χ3v) is 5.53. The zero-order chi connectivity index (χ0) is 27.5. The summed E-state index contributed by atoms with van der Waals surface area (Å²) in [6, 6.07) is 29.8. The van der Waals surface area contributed by atoms with Gasteiger partial charge >= 0.3 is 17.9 Å². The Morgan fingerprint density at radius 2 is 1.08 bits per heavy atom. The van der Waals surface area contributed by atoms with Gasteiger partial charge in [0.1, 0.15) is 17.2 Å². The molecule has 0 saturated carbocycles. The molecule has 0 saturated heterocycles. The quantitative estimate of drug-likeness (QED) is 0.0990. The second-order valence-electron chi connectivity index (χ2n) is 8.29. The average molecular weight is 523 g/mol. The summed E-state index contributed by atoms with van der Waals surface area (Å²) in [5.74, 6) is -0.296. The van der Waals surface area contributed by atoms with Crippen LogP contribution in [0.4, 0.5) is 0 Å². The molecule has 0 atom stereocenters. The summed E-state index contributed by atoms with van der Waals surface area (Å²) in [5.41, 5.74) is 2.84. The van der Waals surface area contributed by atoms with Gasteiger partial charge in [-0.25, -0.2) is 14.4 Å². The van der Waals surface area contributed by atoms with Crippen LogP contribution in [0.5, 0.6) is 17.2 Å². The number of rotatable bonds is 11. The van der Waals surface area contributed by atoms with E-state index in [0.717, 1.165) is 17.2 Å². The predicted octanol–water partition coefficient (Wildman–Crippen LogP) is 6.29. The summed E-state index contributed by atoms with van der Waals surface area (Å²) in [6.07, 6.45) is 1.63. The maximum absolute atomic E-state index is 12.5. The van der Waals surface area contributed by atoms with Crippen molar-refractivity contribution in [2.24, 2.45) is 0 Å². The van der Waals surface area contributed by atoms with Crippen LogP contribution in [0.25, 0.3) is 11.1 Å². The highest BCUT2D eigenvalue weighted by molar-refractivity contribution is 5.92. The number of hydrogen-bond donors (Lipinski definition) is 0. The van der Waals surface area contributed by atoms with Gasteiger partial charge in [-0.1, -0.05) is 49.0 Å². The number of hydrogen-bond acceptors (Lipinski definition) is 7. The molecule has 196 valence electrons. The first-order valence-corrected chi connectivity index (χ1v) is 12.2. The normalized spacial score (nSPS) is 10.3. The van der Waals surface area contributed by atoms with Crippen LogP contribution in [0.2, 0.25) is 0 Å². The summed E-state index contributed by atoms with van der Waals surface area (Å²) >= 11 is 0. The molecule has 0 radical (unpaired) electrons. The van der Waals surface area contributed by atoms with Crippen LogP contribution < -0.4 is 14.2 Å². The summed E-state index contributed by atoms with van der Waals surface area (Å²) in [6.45, 7) is 3.91. The summed E-state index contributed by atoms with van der Waals surface area (Å²) in [5, 5.41) is 0. The molecule has 0 bridgehead atoms. The summed E-state index contributed by atoms with van der Waals surface area (Å²) < 4.78 is 21.3. The van der Waals surface area contributed by atoms with E-state index in [0.29, 0.717) is 41.4 Å². The molecule has 4 aromatic carbocycles. The second kappa shape index (κ2) is 13.4. The minimum absolute atomic E-state index is 0.231. The molecule has 7 heteroatoms. The highest BCUT2D eigenvalue weighted by Crippen LogP contribution is 2.22. The molecule has 39 heavy (non-hydrogen) atoms. The van der Waals surface area contributed by atoms with Crippen molar-refractivity contribution in [1.82, 2.24) is 0 Å². The summed E-state index contributed by atoms with van der Waals surface area (Å²) in [4.78, 5) is 36.0. The molecule has 0 aliphatic carbocycles. The van der Waals surface area contributed by atoms with Crippen molar-refractivity contribution in [3.8, 4) is 28.4 Å². The lowest BCUT2D eigenvalue weighted by atomic mass is 10.0. The molecule has 0 aliphatic heterocycles. The van der Waals surface area contributed by atoms with Crippen molar-refractivity contribution in [3.63, 3.8) is 0 Å². The van der Waals surface area contributed by atoms with Crippen molar-refractivity contribution < 1.29 is 33.3 Å². The minimum atomic E-state index is -0.541. The molecule has 7 nitrogen and oxygen atoms in total. The van der Waals surface area contributed by atoms with Crippen molar-refractivity contribution >= 4 is 17.9 Å². The molecule has 0 aromatic heterocycles. The standard InChI is InChI=1S/C32H26O7/c1-2-30(33)37-22-6-21-36-27-15-13-26(14-16-27)32(35)39-29-19-17-28(18-20-29)38-31(34)25-11-9-24(10-12-25)23-7-4-3-5-8-23/h2-5,7-20H,1,6,21-22H2. The van der Waals surface area contributed by atoms with Gasteiger partial charge in [-0.2, -0.15) is 0 Å². The zero-order valence-electron chi connectivity index (χ0n) is 21.1. The van der Waals surface area contributed by atoms with Gasteiger partial charge in [0, 0.05) is 12.5 Å². The molecule has 0 aliphatic rings. The molecule has 0 spiro atoms. The Kier molecular flexibility index (Phi) is 9.23. The van der Waals surface area contributed by atoms with Gasteiger partial charge in [0.2, 0.25) is 0 Å².